The first-order valence-electron chi connectivity index (χ1n) is 9.18. The van der Waals surface area contributed by atoms with E-state index in [4.69, 9.17) is 4.42 Å². The number of carbonyl (C=O) groups is 1. The lowest BCUT2D eigenvalue weighted by Crippen LogP contribution is -2.39. The van der Waals surface area contributed by atoms with Gasteiger partial charge in [0.25, 0.3) is 5.89 Å². The number of amides is 1. The molecule has 0 bridgehead atoms. The number of hydrogen-bond acceptors (Lipinski definition) is 7. The molecule has 29 heavy (non-hydrogen) atoms. The average molecular weight is 433 g/mol. The van der Waals surface area contributed by atoms with Crippen LogP contribution in [0.1, 0.15) is 31.6 Å². The van der Waals surface area contributed by atoms with E-state index in [0.717, 1.165) is 11.3 Å². The van der Waals surface area contributed by atoms with Crippen molar-refractivity contribution in [3.05, 3.63) is 47.7 Å². The first-order chi connectivity index (χ1) is 13.9. The van der Waals surface area contributed by atoms with Gasteiger partial charge in [-0.25, -0.2) is 8.42 Å². The summed E-state index contributed by atoms with van der Waals surface area (Å²) in [6.45, 7) is 2.14. The number of aromatic nitrogens is 2. The number of carbonyl (C=O) groups excluding carboxylic acids is 1. The minimum Gasteiger partial charge on any atom is -0.420 e. The van der Waals surface area contributed by atoms with Gasteiger partial charge in [-0.15, -0.1) is 21.5 Å². The Morgan fingerprint density at radius 1 is 1.24 bits per heavy atom. The molecule has 0 radical (unpaired) electrons. The monoisotopic (exact) mass is 432 g/mol. The SMILES string of the molecule is CC(=O)Nc1ccc(S(=O)(=O)N2CCCC(c3nnc(-c4cccs4)o3)C2)cc1. The van der Waals surface area contributed by atoms with E-state index < -0.39 is 10.0 Å². The number of sulfonamides is 1. The summed E-state index contributed by atoms with van der Waals surface area (Å²) in [5.41, 5.74) is 0.555. The number of hydrogen-bond donors (Lipinski definition) is 1. The van der Waals surface area contributed by atoms with Crippen molar-refractivity contribution < 1.29 is 17.6 Å². The smallest absolute Gasteiger partial charge is 0.257 e. The second kappa shape index (κ2) is 8.05. The first-order valence-corrected chi connectivity index (χ1v) is 11.5. The van der Waals surface area contributed by atoms with Crippen LogP contribution in [0.25, 0.3) is 10.8 Å². The van der Waals surface area contributed by atoms with Crippen molar-refractivity contribution in [3.63, 3.8) is 0 Å². The van der Waals surface area contributed by atoms with E-state index in [1.165, 1.54) is 34.7 Å². The predicted octanol–water partition coefficient (Wildman–Crippen LogP) is 3.32. The van der Waals surface area contributed by atoms with Crippen molar-refractivity contribution in [1.29, 1.82) is 0 Å². The molecule has 4 rings (SSSR count). The summed E-state index contributed by atoms with van der Waals surface area (Å²) in [5.74, 6) is 0.581. The summed E-state index contributed by atoms with van der Waals surface area (Å²) in [4.78, 5) is 12.2. The molecule has 3 heterocycles. The maximum Gasteiger partial charge on any atom is 0.257 e. The van der Waals surface area contributed by atoms with Gasteiger partial charge in [0.15, 0.2) is 0 Å². The van der Waals surface area contributed by atoms with Crippen LogP contribution < -0.4 is 5.32 Å². The molecule has 3 aromatic rings. The van der Waals surface area contributed by atoms with E-state index in [-0.39, 0.29) is 16.7 Å². The van der Waals surface area contributed by atoms with Crippen LogP contribution in [-0.4, -0.2) is 41.9 Å². The summed E-state index contributed by atoms with van der Waals surface area (Å²) < 4.78 is 33.4. The van der Waals surface area contributed by atoms with Gasteiger partial charge in [0, 0.05) is 25.7 Å². The lowest BCUT2D eigenvalue weighted by molar-refractivity contribution is -0.114. The standard InChI is InChI=1S/C19H20N4O4S2/c1-13(24)20-15-6-8-16(9-7-15)29(25,26)23-10-2-4-14(12-23)18-21-22-19(27-18)17-5-3-11-28-17/h3,5-9,11,14H,2,4,10,12H2,1H3,(H,20,24). The molecule has 1 aliphatic rings. The minimum absolute atomic E-state index is 0.140. The van der Waals surface area contributed by atoms with Crippen molar-refractivity contribution in [2.45, 2.75) is 30.6 Å². The average Bonchev–Trinajstić information content (AvgIpc) is 3.40. The summed E-state index contributed by atoms with van der Waals surface area (Å²) >= 11 is 1.51. The number of piperidine rings is 1. The lowest BCUT2D eigenvalue weighted by Gasteiger charge is -2.30. The topological polar surface area (TPSA) is 105 Å². The van der Waals surface area contributed by atoms with E-state index in [1.807, 2.05) is 17.5 Å². The van der Waals surface area contributed by atoms with E-state index in [0.29, 0.717) is 37.0 Å². The molecule has 8 nitrogen and oxygen atoms in total. The van der Waals surface area contributed by atoms with Crippen LogP contribution in [0.15, 0.2) is 51.1 Å². The van der Waals surface area contributed by atoms with Crippen LogP contribution in [0.4, 0.5) is 5.69 Å². The number of thiophene rings is 1. The van der Waals surface area contributed by atoms with Gasteiger partial charge in [-0.1, -0.05) is 6.07 Å². The molecule has 1 unspecified atom stereocenters. The number of nitrogens with zero attached hydrogens (tertiary/aromatic N) is 3. The van der Waals surface area contributed by atoms with Crippen molar-refractivity contribution in [2.24, 2.45) is 0 Å². The van der Waals surface area contributed by atoms with Crippen LogP contribution in [0.5, 0.6) is 0 Å². The van der Waals surface area contributed by atoms with Gasteiger partial charge in [-0.3, -0.25) is 4.79 Å². The lowest BCUT2D eigenvalue weighted by atomic mass is 10.00. The largest absolute Gasteiger partial charge is 0.420 e. The summed E-state index contributed by atoms with van der Waals surface area (Å²) in [7, 11) is -3.65. The highest BCUT2D eigenvalue weighted by Crippen LogP contribution is 2.32. The van der Waals surface area contributed by atoms with Gasteiger partial charge in [-0.05, 0) is 48.6 Å². The van der Waals surface area contributed by atoms with E-state index in [2.05, 4.69) is 15.5 Å². The zero-order valence-corrected chi connectivity index (χ0v) is 17.4. The van der Waals surface area contributed by atoms with Gasteiger partial charge < -0.3 is 9.73 Å². The van der Waals surface area contributed by atoms with Gasteiger partial charge in [-0.2, -0.15) is 4.31 Å². The molecule has 2 aromatic heterocycles. The second-order valence-corrected chi connectivity index (χ2v) is 9.72. The Balaban J connectivity index is 1.51. The third-order valence-corrected chi connectivity index (χ3v) is 7.46. The highest BCUT2D eigenvalue weighted by atomic mass is 32.2. The van der Waals surface area contributed by atoms with Crippen LogP contribution in [0.3, 0.4) is 0 Å². The molecule has 1 aromatic carbocycles. The molecule has 0 spiro atoms. The van der Waals surface area contributed by atoms with Crippen molar-refractivity contribution >= 4 is 33.0 Å². The van der Waals surface area contributed by atoms with Crippen molar-refractivity contribution in [2.75, 3.05) is 18.4 Å². The van der Waals surface area contributed by atoms with Gasteiger partial charge >= 0.3 is 0 Å². The van der Waals surface area contributed by atoms with Gasteiger partial charge in [0.2, 0.25) is 21.8 Å². The Labute approximate surface area is 172 Å². The normalized spacial score (nSPS) is 17.9. The van der Waals surface area contributed by atoms with Gasteiger partial charge in [0.1, 0.15) is 0 Å². The fourth-order valence-electron chi connectivity index (χ4n) is 3.32. The molecule has 1 amide bonds. The second-order valence-electron chi connectivity index (χ2n) is 6.83. The summed E-state index contributed by atoms with van der Waals surface area (Å²) in [6, 6.07) is 10.00. The van der Waals surface area contributed by atoms with Crippen LogP contribution in [0.2, 0.25) is 0 Å². The van der Waals surface area contributed by atoms with Gasteiger partial charge in [0.05, 0.1) is 15.7 Å². The summed E-state index contributed by atoms with van der Waals surface area (Å²) in [5, 5.41) is 12.8. The zero-order valence-electron chi connectivity index (χ0n) is 15.7. The van der Waals surface area contributed by atoms with E-state index >= 15 is 0 Å². The Morgan fingerprint density at radius 2 is 2.03 bits per heavy atom. The molecule has 0 aliphatic carbocycles. The Kier molecular flexibility index (Phi) is 5.48. The molecule has 1 atom stereocenters. The molecule has 1 aliphatic heterocycles. The molecular weight excluding hydrogens is 412 g/mol. The molecule has 152 valence electrons. The highest BCUT2D eigenvalue weighted by Gasteiger charge is 2.33. The fraction of sp³-hybridized carbons (Fsp3) is 0.316. The molecule has 1 fully saturated rings. The molecule has 1 N–H and O–H groups in total. The summed E-state index contributed by atoms with van der Waals surface area (Å²) in [6.07, 6.45) is 1.50. The third kappa shape index (κ3) is 4.24. The van der Waals surface area contributed by atoms with Crippen molar-refractivity contribution in [1.82, 2.24) is 14.5 Å². The fourth-order valence-corrected chi connectivity index (χ4v) is 5.49. The molecule has 0 saturated carbocycles. The predicted molar refractivity (Wildman–Crippen MR) is 109 cm³/mol. The number of anilines is 1. The van der Waals surface area contributed by atoms with E-state index in [9.17, 15) is 13.2 Å². The molecule has 1 saturated heterocycles. The van der Waals surface area contributed by atoms with Crippen molar-refractivity contribution in [3.8, 4) is 10.8 Å². The quantitative estimate of drug-likeness (QED) is 0.663. The minimum atomic E-state index is -3.65. The zero-order chi connectivity index (χ0) is 20.4. The molecule has 10 heteroatoms. The third-order valence-electron chi connectivity index (χ3n) is 4.72. The van der Waals surface area contributed by atoms with Crippen LogP contribution in [-0.2, 0) is 14.8 Å². The Bertz CT molecular complexity index is 1090. The molecular formula is C19H20N4O4S2. The number of nitrogens with one attached hydrogen (secondary N) is 1. The highest BCUT2D eigenvalue weighted by molar-refractivity contribution is 7.89. The van der Waals surface area contributed by atoms with E-state index in [1.54, 1.807) is 12.1 Å². The maximum atomic E-state index is 13.1. The Hall–Kier alpha value is -2.56. The van der Waals surface area contributed by atoms with Crippen LogP contribution >= 0.6 is 11.3 Å². The van der Waals surface area contributed by atoms with Crippen LogP contribution in [0, 0.1) is 0 Å². The number of rotatable bonds is 5. The number of benzene rings is 1. The first kappa shape index (κ1) is 19.7. The maximum absolute atomic E-state index is 13.1. The Morgan fingerprint density at radius 3 is 2.72 bits per heavy atom.